The molecule has 3 aromatic carbocycles. The van der Waals surface area contributed by atoms with Crippen molar-refractivity contribution in [2.45, 2.75) is 31.9 Å². The molecule has 0 unspecified atom stereocenters. The molecular weight excluding hydrogens is 421 g/mol. The molecule has 0 heterocycles. The Morgan fingerprint density at radius 3 is 1.78 bits per heavy atom. The summed E-state index contributed by atoms with van der Waals surface area (Å²) in [6.07, 6.45) is -1.57. The molecule has 0 saturated carbocycles. The molecule has 3 rings (SSSR count). The average molecular weight is 444 g/mol. The number of ether oxygens (including phenoxy) is 2. The van der Waals surface area contributed by atoms with Gasteiger partial charge in [0.15, 0.2) is 0 Å². The lowest BCUT2D eigenvalue weighted by molar-refractivity contribution is -0.137. The van der Waals surface area contributed by atoms with Crippen molar-refractivity contribution in [2.75, 3.05) is 13.2 Å². The predicted octanol–water partition coefficient (Wildman–Crippen LogP) is 6.43. The van der Waals surface area contributed by atoms with E-state index >= 15 is 0 Å². The Hall–Kier alpha value is -3.35. The molecule has 3 aromatic rings. The number of carbonyl (C=O) groups excluding carboxylic acids is 2. The van der Waals surface area contributed by atoms with Crippen molar-refractivity contribution in [3.63, 3.8) is 0 Å². The zero-order valence-corrected chi connectivity index (χ0v) is 17.4. The Kier molecular flexibility index (Phi) is 7.87. The number of esters is 2. The molecule has 0 saturated heterocycles. The fraction of sp³-hybridized carbons (Fsp3) is 0.280. The van der Waals surface area contributed by atoms with Crippen molar-refractivity contribution in [1.82, 2.24) is 0 Å². The van der Waals surface area contributed by atoms with Crippen LogP contribution in [0.4, 0.5) is 13.2 Å². The van der Waals surface area contributed by atoms with Gasteiger partial charge in [0.25, 0.3) is 0 Å². The van der Waals surface area contributed by atoms with Gasteiger partial charge in [0.2, 0.25) is 0 Å². The van der Waals surface area contributed by atoms with Crippen LogP contribution in [0, 0.1) is 0 Å². The summed E-state index contributed by atoms with van der Waals surface area (Å²) in [4.78, 5) is 24.0. The van der Waals surface area contributed by atoms with Gasteiger partial charge in [-0.25, -0.2) is 9.59 Å². The maximum atomic E-state index is 12.5. The van der Waals surface area contributed by atoms with Crippen LogP contribution >= 0.6 is 0 Å². The maximum absolute atomic E-state index is 12.5. The Morgan fingerprint density at radius 1 is 0.656 bits per heavy atom. The minimum absolute atomic E-state index is 0.0820. The monoisotopic (exact) mass is 444 g/mol. The highest BCUT2D eigenvalue weighted by atomic mass is 19.4. The van der Waals surface area contributed by atoms with E-state index < -0.39 is 17.7 Å². The number of fused-ring (bicyclic) bond motifs is 1. The second-order valence-electron chi connectivity index (χ2n) is 7.32. The smallest absolute Gasteiger partial charge is 0.416 e. The molecule has 0 amide bonds. The number of carbonyl (C=O) groups is 2. The van der Waals surface area contributed by atoms with Gasteiger partial charge in [-0.05, 0) is 72.9 Å². The van der Waals surface area contributed by atoms with Crippen LogP contribution in [0.25, 0.3) is 10.8 Å². The number of unbranched alkanes of at least 4 members (excludes halogenated alkanes) is 3. The lowest BCUT2D eigenvalue weighted by atomic mass is 10.1. The summed E-state index contributed by atoms with van der Waals surface area (Å²) in [5.74, 6) is -1.01. The van der Waals surface area contributed by atoms with Crippen LogP contribution in [0.15, 0.2) is 66.7 Å². The van der Waals surface area contributed by atoms with Crippen LogP contribution < -0.4 is 0 Å². The molecule has 0 aliphatic rings. The van der Waals surface area contributed by atoms with E-state index in [9.17, 15) is 22.8 Å². The molecule has 0 N–H and O–H groups in total. The first kappa shape index (κ1) is 23.3. The molecule has 0 radical (unpaired) electrons. The van der Waals surface area contributed by atoms with Gasteiger partial charge in [-0.1, -0.05) is 30.3 Å². The lowest BCUT2D eigenvalue weighted by Crippen LogP contribution is -2.09. The second-order valence-corrected chi connectivity index (χ2v) is 7.32. The molecular formula is C25H23F3O4. The Labute approximate surface area is 184 Å². The second kappa shape index (κ2) is 10.8. The van der Waals surface area contributed by atoms with Crippen molar-refractivity contribution >= 4 is 22.7 Å². The highest BCUT2D eigenvalue weighted by Gasteiger charge is 2.30. The summed E-state index contributed by atoms with van der Waals surface area (Å²) < 4.78 is 48.0. The molecule has 0 fully saturated rings. The van der Waals surface area contributed by atoms with Gasteiger partial charge < -0.3 is 9.47 Å². The minimum atomic E-state index is -4.44. The van der Waals surface area contributed by atoms with Crippen molar-refractivity contribution < 1.29 is 32.2 Å². The number of rotatable bonds is 9. The number of benzene rings is 3. The van der Waals surface area contributed by atoms with E-state index in [-0.39, 0.29) is 18.1 Å². The molecule has 0 bridgehead atoms. The summed E-state index contributed by atoms with van der Waals surface area (Å²) in [7, 11) is 0. The summed E-state index contributed by atoms with van der Waals surface area (Å²) in [6, 6.07) is 17.1. The van der Waals surface area contributed by atoms with Crippen LogP contribution in [0.2, 0.25) is 0 Å². The summed E-state index contributed by atoms with van der Waals surface area (Å²) >= 11 is 0. The topological polar surface area (TPSA) is 52.6 Å². The predicted molar refractivity (Wildman–Crippen MR) is 114 cm³/mol. The van der Waals surface area contributed by atoms with Crippen LogP contribution in [0.3, 0.4) is 0 Å². The summed E-state index contributed by atoms with van der Waals surface area (Å²) in [5, 5.41) is 2.04. The van der Waals surface area contributed by atoms with Crippen molar-refractivity contribution in [1.29, 1.82) is 0 Å². The molecule has 0 spiro atoms. The van der Waals surface area contributed by atoms with Gasteiger partial charge in [0, 0.05) is 0 Å². The lowest BCUT2D eigenvalue weighted by Gasteiger charge is -2.08. The number of hydrogen-bond donors (Lipinski definition) is 0. The van der Waals surface area contributed by atoms with Gasteiger partial charge in [-0.3, -0.25) is 0 Å². The number of alkyl halides is 3. The third-order valence-corrected chi connectivity index (χ3v) is 4.94. The zero-order valence-electron chi connectivity index (χ0n) is 17.4. The Bertz CT molecular complexity index is 1060. The maximum Gasteiger partial charge on any atom is 0.416 e. The van der Waals surface area contributed by atoms with Gasteiger partial charge in [0.1, 0.15) is 0 Å². The van der Waals surface area contributed by atoms with E-state index in [1.54, 1.807) is 6.07 Å². The van der Waals surface area contributed by atoms with Crippen LogP contribution in [-0.2, 0) is 15.7 Å². The summed E-state index contributed by atoms with van der Waals surface area (Å²) in [6.45, 7) is 0.480. The molecule has 0 aliphatic carbocycles. The average Bonchev–Trinajstić information content (AvgIpc) is 2.79. The van der Waals surface area contributed by atoms with E-state index in [4.69, 9.17) is 9.47 Å². The molecule has 7 heteroatoms. The first-order valence-electron chi connectivity index (χ1n) is 10.3. The Balaban J connectivity index is 1.29. The minimum Gasteiger partial charge on any atom is -0.462 e. The van der Waals surface area contributed by atoms with Gasteiger partial charge >= 0.3 is 18.1 Å². The highest BCUT2D eigenvalue weighted by molar-refractivity contribution is 5.95. The molecule has 4 nitrogen and oxygen atoms in total. The Morgan fingerprint density at radius 2 is 1.19 bits per heavy atom. The van der Waals surface area contributed by atoms with E-state index in [0.29, 0.717) is 25.0 Å². The number of hydrogen-bond acceptors (Lipinski definition) is 4. The van der Waals surface area contributed by atoms with E-state index in [0.717, 1.165) is 47.9 Å². The van der Waals surface area contributed by atoms with Crippen molar-refractivity contribution in [2.24, 2.45) is 0 Å². The van der Waals surface area contributed by atoms with Crippen LogP contribution in [0.1, 0.15) is 52.0 Å². The standard InChI is InChI=1S/C25H23F3O4/c26-25(27,28)22-13-11-19(12-14-22)23(29)31-15-5-1-2-6-16-32-24(30)21-10-9-18-7-3-4-8-20(18)17-21/h3-4,7-14,17H,1-2,5-6,15-16H2. The largest absolute Gasteiger partial charge is 0.462 e. The van der Waals surface area contributed by atoms with Crippen molar-refractivity contribution in [3.8, 4) is 0 Å². The third-order valence-electron chi connectivity index (χ3n) is 4.94. The van der Waals surface area contributed by atoms with Crippen LogP contribution in [-0.4, -0.2) is 25.2 Å². The first-order chi connectivity index (χ1) is 15.3. The third kappa shape index (κ3) is 6.57. The molecule has 0 aliphatic heterocycles. The highest BCUT2D eigenvalue weighted by Crippen LogP contribution is 2.29. The first-order valence-corrected chi connectivity index (χ1v) is 10.3. The molecule has 0 aromatic heterocycles. The van der Waals surface area contributed by atoms with E-state index in [1.165, 1.54) is 0 Å². The van der Waals surface area contributed by atoms with Gasteiger partial charge in [-0.2, -0.15) is 13.2 Å². The number of halogens is 3. The SMILES string of the molecule is O=C(OCCCCCCOC(=O)c1ccc2ccccc2c1)c1ccc(C(F)(F)F)cc1. The molecule has 32 heavy (non-hydrogen) atoms. The van der Waals surface area contributed by atoms with E-state index in [1.807, 2.05) is 36.4 Å². The van der Waals surface area contributed by atoms with Gasteiger partial charge in [-0.15, -0.1) is 0 Å². The quantitative estimate of drug-likeness (QED) is 0.282. The van der Waals surface area contributed by atoms with Crippen molar-refractivity contribution in [3.05, 3.63) is 83.4 Å². The zero-order chi connectivity index (χ0) is 23.0. The fourth-order valence-corrected chi connectivity index (χ4v) is 3.17. The van der Waals surface area contributed by atoms with Crippen LogP contribution in [0.5, 0.6) is 0 Å². The summed E-state index contributed by atoms with van der Waals surface area (Å²) in [5.41, 5.74) is -0.215. The van der Waals surface area contributed by atoms with Gasteiger partial charge in [0.05, 0.1) is 29.9 Å². The normalized spacial score (nSPS) is 11.3. The fourth-order valence-electron chi connectivity index (χ4n) is 3.17. The molecule has 168 valence electrons. The van der Waals surface area contributed by atoms with E-state index in [2.05, 4.69) is 0 Å². The molecule has 0 atom stereocenters.